The van der Waals surface area contributed by atoms with Gasteiger partial charge in [0.15, 0.2) is 0 Å². The SMILES string of the molecule is O=C(c1ccc(Cn2c(=O)[nH]c3ccccc3c2=O)cc1)N(Cc1ccccc1)Cc1ccccc1. The molecule has 0 aliphatic heterocycles. The van der Waals surface area contributed by atoms with Gasteiger partial charge in [-0.25, -0.2) is 4.79 Å². The van der Waals surface area contributed by atoms with Gasteiger partial charge in [0.05, 0.1) is 17.4 Å². The van der Waals surface area contributed by atoms with Crippen LogP contribution in [0.3, 0.4) is 0 Å². The lowest BCUT2D eigenvalue weighted by atomic mass is 10.1. The smallest absolute Gasteiger partial charge is 0.329 e. The number of fused-ring (bicyclic) bond motifs is 1. The fourth-order valence-electron chi connectivity index (χ4n) is 4.27. The van der Waals surface area contributed by atoms with Gasteiger partial charge in [-0.2, -0.15) is 0 Å². The number of aromatic amines is 1. The van der Waals surface area contributed by atoms with Crippen molar-refractivity contribution < 1.29 is 4.79 Å². The van der Waals surface area contributed by atoms with Crippen LogP contribution < -0.4 is 11.2 Å². The van der Waals surface area contributed by atoms with Crippen LogP contribution in [0.1, 0.15) is 27.0 Å². The van der Waals surface area contributed by atoms with E-state index in [0.717, 1.165) is 16.7 Å². The van der Waals surface area contributed by atoms with Crippen molar-refractivity contribution in [1.82, 2.24) is 14.5 Å². The number of H-pyrrole nitrogens is 1. The van der Waals surface area contributed by atoms with Crippen LogP contribution in [0.25, 0.3) is 10.9 Å². The number of rotatable bonds is 7. The molecule has 0 bridgehead atoms. The molecule has 0 fully saturated rings. The summed E-state index contributed by atoms with van der Waals surface area (Å²) in [5.41, 5.74) is 3.11. The normalized spacial score (nSPS) is 10.9. The Morgan fingerprint density at radius 1 is 0.667 bits per heavy atom. The molecule has 0 saturated carbocycles. The topological polar surface area (TPSA) is 75.2 Å². The van der Waals surface area contributed by atoms with E-state index in [9.17, 15) is 14.4 Å². The molecule has 0 unspecified atom stereocenters. The third-order valence-corrected chi connectivity index (χ3v) is 6.15. The standard InChI is InChI=1S/C30H25N3O3/c34-28(32(19-22-9-3-1-4-10-22)20-23-11-5-2-6-12-23)25-17-15-24(16-18-25)21-33-29(35)26-13-7-8-14-27(26)31-30(33)36/h1-18H,19-21H2,(H,31,36). The number of hydrogen-bond acceptors (Lipinski definition) is 3. The van der Waals surface area contributed by atoms with Gasteiger partial charge in [-0.3, -0.25) is 14.2 Å². The molecule has 1 N–H and O–H groups in total. The molecule has 1 aromatic heterocycles. The molecule has 1 heterocycles. The number of carbonyl (C=O) groups excluding carboxylic acids is 1. The molecule has 0 saturated heterocycles. The maximum atomic E-state index is 13.5. The quantitative estimate of drug-likeness (QED) is 0.374. The highest BCUT2D eigenvalue weighted by Gasteiger charge is 2.17. The van der Waals surface area contributed by atoms with Crippen LogP contribution in [0.15, 0.2) is 119 Å². The van der Waals surface area contributed by atoms with Crippen molar-refractivity contribution in [2.45, 2.75) is 19.6 Å². The predicted molar refractivity (Wildman–Crippen MR) is 141 cm³/mol. The van der Waals surface area contributed by atoms with Gasteiger partial charge in [-0.1, -0.05) is 84.9 Å². The van der Waals surface area contributed by atoms with E-state index in [4.69, 9.17) is 0 Å². The zero-order chi connectivity index (χ0) is 24.9. The average molecular weight is 476 g/mol. The van der Waals surface area contributed by atoms with Crippen molar-refractivity contribution in [2.24, 2.45) is 0 Å². The van der Waals surface area contributed by atoms with E-state index in [1.165, 1.54) is 4.57 Å². The third kappa shape index (κ3) is 5.03. The minimum atomic E-state index is -0.462. The molecule has 5 aromatic rings. The number of nitrogens with zero attached hydrogens (tertiary/aromatic N) is 2. The highest BCUT2D eigenvalue weighted by Crippen LogP contribution is 2.15. The van der Waals surface area contributed by atoms with Gasteiger partial charge in [0, 0.05) is 18.7 Å². The average Bonchev–Trinajstić information content (AvgIpc) is 2.92. The second-order valence-electron chi connectivity index (χ2n) is 8.70. The fraction of sp³-hybridized carbons (Fsp3) is 0.100. The van der Waals surface area contributed by atoms with Crippen LogP contribution in [-0.2, 0) is 19.6 Å². The number of aromatic nitrogens is 2. The maximum Gasteiger partial charge on any atom is 0.329 e. The van der Waals surface area contributed by atoms with Crippen LogP contribution in [-0.4, -0.2) is 20.4 Å². The summed E-state index contributed by atoms with van der Waals surface area (Å²) in [6.07, 6.45) is 0. The molecular formula is C30H25N3O3. The lowest BCUT2D eigenvalue weighted by Crippen LogP contribution is -2.35. The van der Waals surface area contributed by atoms with E-state index >= 15 is 0 Å². The van der Waals surface area contributed by atoms with Crippen molar-refractivity contribution in [3.8, 4) is 0 Å². The van der Waals surface area contributed by atoms with Gasteiger partial charge in [-0.15, -0.1) is 0 Å². The van der Waals surface area contributed by atoms with E-state index in [-0.39, 0.29) is 18.0 Å². The van der Waals surface area contributed by atoms with E-state index in [2.05, 4.69) is 4.98 Å². The van der Waals surface area contributed by atoms with Crippen molar-refractivity contribution in [3.63, 3.8) is 0 Å². The summed E-state index contributed by atoms with van der Waals surface area (Å²) in [7, 11) is 0. The van der Waals surface area contributed by atoms with Crippen molar-refractivity contribution >= 4 is 16.8 Å². The molecule has 0 atom stereocenters. The minimum absolute atomic E-state index is 0.0880. The van der Waals surface area contributed by atoms with Crippen molar-refractivity contribution in [1.29, 1.82) is 0 Å². The summed E-state index contributed by atoms with van der Waals surface area (Å²) in [6.45, 7) is 1.08. The molecule has 6 heteroatoms. The van der Waals surface area contributed by atoms with E-state index < -0.39 is 5.69 Å². The fourth-order valence-corrected chi connectivity index (χ4v) is 4.27. The Morgan fingerprint density at radius 3 is 1.83 bits per heavy atom. The Bertz CT molecular complexity index is 1560. The summed E-state index contributed by atoms with van der Waals surface area (Å²) in [5.74, 6) is -0.0880. The molecule has 6 nitrogen and oxygen atoms in total. The highest BCUT2D eigenvalue weighted by atomic mass is 16.2. The van der Waals surface area contributed by atoms with Crippen LogP contribution >= 0.6 is 0 Å². The molecule has 0 spiro atoms. The third-order valence-electron chi connectivity index (χ3n) is 6.15. The van der Waals surface area contributed by atoms with Crippen LogP contribution in [0.4, 0.5) is 0 Å². The second-order valence-corrected chi connectivity index (χ2v) is 8.70. The van der Waals surface area contributed by atoms with Crippen LogP contribution in [0, 0.1) is 0 Å². The monoisotopic (exact) mass is 475 g/mol. The van der Waals surface area contributed by atoms with E-state index in [0.29, 0.717) is 29.6 Å². The first kappa shape index (κ1) is 23.1. The van der Waals surface area contributed by atoms with Crippen molar-refractivity contribution in [2.75, 3.05) is 0 Å². The molecule has 0 aliphatic carbocycles. The van der Waals surface area contributed by atoms with Gasteiger partial charge in [-0.05, 0) is 41.0 Å². The molecule has 178 valence electrons. The van der Waals surface area contributed by atoms with Crippen LogP contribution in [0.2, 0.25) is 0 Å². The van der Waals surface area contributed by atoms with Crippen molar-refractivity contribution in [3.05, 3.63) is 152 Å². The zero-order valence-electron chi connectivity index (χ0n) is 19.6. The Balaban J connectivity index is 1.39. The minimum Gasteiger partial charge on any atom is -0.330 e. The van der Waals surface area contributed by atoms with Gasteiger partial charge >= 0.3 is 5.69 Å². The summed E-state index contributed by atoms with van der Waals surface area (Å²) in [6, 6.07) is 33.8. The Labute approximate surface area is 208 Å². The summed E-state index contributed by atoms with van der Waals surface area (Å²) < 4.78 is 1.18. The number of amides is 1. The highest BCUT2D eigenvalue weighted by molar-refractivity contribution is 5.94. The first-order valence-corrected chi connectivity index (χ1v) is 11.8. The van der Waals surface area contributed by atoms with Gasteiger partial charge in [0.25, 0.3) is 11.5 Å². The Hall–Kier alpha value is -4.71. The largest absolute Gasteiger partial charge is 0.330 e. The maximum absolute atomic E-state index is 13.5. The second kappa shape index (κ2) is 10.3. The van der Waals surface area contributed by atoms with Crippen LogP contribution in [0.5, 0.6) is 0 Å². The number of hydrogen-bond donors (Lipinski definition) is 1. The predicted octanol–water partition coefficient (Wildman–Crippen LogP) is 4.58. The number of benzene rings is 4. The van der Waals surface area contributed by atoms with Gasteiger partial charge in [0.2, 0.25) is 0 Å². The lowest BCUT2D eigenvalue weighted by molar-refractivity contribution is 0.0730. The molecular weight excluding hydrogens is 450 g/mol. The number of para-hydroxylation sites is 1. The van der Waals surface area contributed by atoms with Gasteiger partial charge < -0.3 is 9.88 Å². The summed E-state index contributed by atoms with van der Waals surface area (Å²) in [4.78, 5) is 43.4. The Morgan fingerprint density at radius 2 is 1.22 bits per heavy atom. The van der Waals surface area contributed by atoms with Gasteiger partial charge in [0.1, 0.15) is 0 Å². The van der Waals surface area contributed by atoms with E-state index in [1.807, 2.05) is 65.6 Å². The first-order valence-electron chi connectivity index (χ1n) is 11.8. The lowest BCUT2D eigenvalue weighted by Gasteiger charge is -2.23. The molecule has 1 amide bonds. The molecule has 36 heavy (non-hydrogen) atoms. The molecule has 5 rings (SSSR count). The molecule has 4 aromatic carbocycles. The van der Waals surface area contributed by atoms with E-state index in [1.54, 1.807) is 48.5 Å². The first-order chi connectivity index (χ1) is 17.6. The number of carbonyl (C=O) groups is 1. The Kier molecular flexibility index (Phi) is 6.58. The molecule has 0 radical (unpaired) electrons. The summed E-state index contributed by atoms with van der Waals surface area (Å²) in [5, 5.41) is 0.460. The molecule has 0 aliphatic rings. The number of nitrogens with one attached hydrogen (secondary N) is 1. The summed E-state index contributed by atoms with van der Waals surface area (Å²) >= 11 is 0. The zero-order valence-corrected chi connectivity index (χ0v) is 19.6.